The Morgan fingerprint density at radius 2 is 2.00 bits per heavy atom. The third-order valence-electron chi connectivity index (χ3n) is 3.99. The largest absolute Gasteiger partial charge is 0.372 e. The molecule has 1 unspecified atom stereocenters. The van der Waals surface area contributed by atoms with E-state index in [1.807, 2.05) is 6.92 Å². The Morgan fingerprint density at radius 1 is 1.30 bits per heavy atom. The molecule has 0 spiro atoms. The smallest absolute Gasteiger partial charge is 0.244 e. The van der Waals surface area contributed by atoms with E-state index in [2.05, 4.69) is 15.0 Å². The summed E-state index contributed by atoms with van der Waals surface area (Å²) in [4.78, 5) is 4.27. The highest BCUT2D eigenvalue weighted by Gasteiger charge is 2.26. The Balaban J connectivity index is 2.14. The van der Waals surface area contributed by atoms with E-state index in [-0.39, 0.29) is 10.9 Å². The fourth-order valence-corrected chi connectivity index (χ4v) is 4.31. The van der Waals surface area contributed by atoms with Crippen molar-refractivity contribution in [3.05, 3.63) is 18.3 Å². The minimum atomic E-state index is -3.53. The summed E-state index contributed by atoms with van der Waals surface area (Å²) >= 11 is 0. The van der Waals surface area contributed by atoms with E-state index >= 15 is 0 Å². The third kappa shape index (κ3) is 3.49. The van der Waals surface area contributed by atoms with Crippen molar-refractivity contribution in [2.75, 3.05) is 12.4 Å². The lowest BCUT2D eigenvalue weighted by atomic mass is 9.85. The number of sulfonamides is 1. The zero-order chi connectivity index (χ0) is 14.6. The second-order valence-electron chi connectivity index (χ2n) is 5.41. The Kier molecular flexibility index (Phi) is 4.99. The standard InChI is InChI=1S/C14H23N3O2S/c1-11(12-7-4-3-5-8-12)17-20(18,19)13-9-6-10-16-14(13)15-2/h6,9-12,17H,3-5,7-8H2,1-2H3,(H,15,16). The maximum absolute atomic E-state index is 12.5. The van der Waals surface area contributed by atoms with Crippen LogP contribution in [0.3, 0.4) is 0 Å². The van der Waals surface area contributed by atoms with Crippen LogP contribution in [0.4, 0.5) is 5.82 Å². The van der Waals surface area contributed by atoms with Crippen molar-refractivity contribution in [3.63, 3.8) is 0 Å². The van der Waals surface area contributed by atoms with E-state index in [0.29, 0.717) is 11.7 Å². The topological polar surface area (TPSA) is 71.1 Å². The number of rotatable bonds is 5. The van der Waals surface area contributed by atoms with Gasteiger partial charge in [0, 0.05) is 19.3 Å². The first-order valence-corrected chi connectivity index (χ1v) is 8.68. The third-order valence-corrected chi connectivity index (χ3v) is 5.59. The second kappa shape index (κ2) is 6.54. The Bertz CT molecular complexity index is 539. The molecular formula is C14H23N3O2S. The predicted molar refractivity (Wildman–Crippen MR) is 80.1 cm³/mol. The van der Waals surface area contributed by atoms with Crippen molar-refractivity contribution in [2.24, 2.45) is 5.92 Å². The molecule has 0 amide bonds. The van der Waals surface area contributed by atoms with Gasteiger partial charge in [0.2, 0.25) is 10.0 Å². The SMILES string of the molecule is CNc1ncccc1S(=O)(=O)NC(C)C1CCCCC1. The minimum absolute atomic E-state index is 0.0368. The number of pyridine rings is 1. The number of aromatic nitrogens is 1. The average molecular weight is 297 g/mol. The van der Waals surface area contributed by atoms with Crippen LogP contribution in [-0.2, 0) is 10.0 Å². The molecule has 1 atom stereocenters. The van der Waals surface area contributed by atoms with Gasteiger partial charge < -0.3 is 5.32 Å². The van der Waals surface area contributed by atoms with Crippen molar-refractivity contribution in [1.29, 1.82) is 0 Å². The number of hydrogen-bond acceptors (Lipinski definition) is 4. The van der Waals surface area contributed by atoms with E-state index in [9.17, 15) is 8.42 Å². The van der Waals surface area contributed by atoms with Gasteiger partial charge in [-0.2, -0.15) is 0 Å². The molecule has 1 aromatic rings. The molecule has 2 rings (SSSR count). The van der Waals surface area contributed by atoms with Crippen molar-refractivity contribution >= 4 is 15.8 Å². The summed E-state index contributed by atoms with van der Waals surface area (Å²) in [5.41, 5.74) is 0. The highest BCUT2D eigenvalue weighted by molar-refractivity contribution is 7.89. The zero-order valence-electron chi connectivity index (χ0n) is 12.1. The Hall–Kier alpha value is -1.14. The summed E-state index contributed by atoms with van der Waals surface area (Å²) < 4.78 is 27.8. The van der Waals surface area contributed by atoms with E-state index in [0.717, 1.165) is 12.8 Å². The quantitative estimate of drug-likeness (QED) is 0.875. The molecule has 1 heterocycles. The van der Waals surface area contributed by atoms with E-state index in [1.54, 1.807) is 25.4 Å². The van der Waals surface area contributed by atoms with E-state index in [4.69, 9.17) is 0 Å². The minimum Gasteiger partial charge on any atom is -0.372 e. The molecule has 1 saturated carbocycles. The monoisotopic (exact) mass is 297 g/mol. The van der Waals surface area contributed by atoms with Crippen LogP contribution in [0.25, 0.3) is 0 Å². The van der Waals surface area contributed by atoms with Gasteiger partial charge >= 0.3 is 0 Å². The van der Waals surface area contributed by atoms with Gasteiger partial charge in [-0.15, -0.1) is 0 Å². The van der Waals surface area contributed by atoms with Gasteiger partial charge in [-0.25, -0.2) is 18.1 Å². The molecule has 2 N–H and O–H groups in total. The van der Waals surface area contributed by atoms with Crippen LogP contribution in [0.5, 0.6) is 0 Å². The number of nitrogens with zero attached hydrogens (tertiary/aromatic N) is 1. The molecule has 0 radical (unpaired) electrons. The van der Waals surface area contributed by atoms with Gasteiger partial charge in [-0.1, -0.05) is 19.3 Å². The normalized spacial score (nSPS) is 18.7. The Labute approximate surface area is 121 Å². The van der Waals surface area contributed by atoms with Crippen molar-refractivity contribution in [2.45, 2.75) is 50.0 Å². The van der Waals surface area contributed by atoms with Gasteiger partial charge in [0.25, 0.3) is 0 Å². The lowest BCUT2D eigenvalue weighted by molar-refractivity contribution is 0.303. The number of anilines is 1. The van der Waals surface area contributed by atoms with Crippen LogP contribution in [0.1, 0.15) is 39.0 Å². The molecule has 1 aromatic heterocycles. The van der Waals surface area contributed by atoms with Gasteiger partial charge in [-0.05, 0) is 37.8 Å². The maximum Gasteiger partial charge on any atom is 0.244 e. The van der Waals surface area contributed by atoms with Gasteiger partial charge in [0.1, 0.15) is 10.7 Å². The molecule has 0 saturated heterocycles. The van der Waals surface area contributed by atoms with Crippen LogP contribution in [0.15, 0.2) is 23.2 Å². The van der Waals surface area contributed by atoms with Crippen molar-refractivity contribution in [3.8, 4) is 0 Å². The van der Waals surface area contributed by atoms with Gasteiger partial charge in [0.15, 0.2) is 0 Å². The van der Waals surface area contributed by atoms with Gasteiger partial charge in [0.05, 0.1) is 0 Å². The first kappa shape index (κ1) is 15.3. The highest BCUT2D eigenvalue weighted by Crippen LogP contribution is 2.27. The lowest BCUT2D eigenvalue weighted by Gasteiger charge is -2.28. The summed E-state index contributed by atoms with van der Waals surface area (Å²) in [5.74, 6) is 0.823. The molecular weight excluding hydrogens is 274 g/mol. The molecule has 1 aliphatic carbocycles. The second-order valence-corrected chi connectivity index (χ2v) is 7.09. The molecule has 0 bridgehead atoms. The van der Waals surface area contributed by atoms with Crippen LogP contribution in [0, 0.1) is 5.92 Å². The molecule has 0 aromatic carbocycles. The zero-order valence-corrected chi connectivity index (χ0v) is 12.9. The molecule has 20 heavy (non-hydrogen) atoms. The Morgan fingerprint density at radius 3 is 2.65 bits per heavy atom. The molecule has 1 fully saturated rings. The fraction of sp³-hybridized carbons (Fsp3) is 0.643. The van der Waals surface area contributed by atoms with Gasteiger partial charge in [-0.3, -0.25) is 0 Å². The molecule has 112 valence electrons. The summed E-state index contributed by atoms with van der Waals surface area (Å²) in [6, 6.07) is 3.18. The average Bonchev–Trinajstić information content (AvgIpc) is 2.47. The maximum atomic E-state index is 12.5. The number of nitrogens with one attached hydrogen (secondary N) is 2. The fourth-order valence-electron chi connectivity index (χ4n) is 2.83. The highest BCUT2D eigenvalue weighted by atomic mass is 32.2. The van der Waals surface area contributed by atoms with Crippen molar-refractivity contribution < 1.29 is 8.42 Å². The van der Waals surface area contributed by atoms with Crippen molar-refractivity contribution in [1.82, 2.24) is 9.71 Å². The summed E-state index contributed by atoms with van der Waals surface area (Å²) in [7, 11) is -1.85. The summed E-state index contributed by atoms with van der Waals surface area (Å²) in [5, 5.41) is 2.82. The molecule has 0 aliphatic heterocycles. The summed E-state index contributed by atoms with van der Waals surface area (Å²) in [6.07, 6.45) is 7.46. The number of hydrogen-bond donors (Lipinski definition) is 2. The summed E-state index contributed by atoms with van der Waals surface area (Å²) in [6.45, 7) is 1.96. The first-order chi connectivity index (χ1) is 9.54. The van der Waals surface area contributed by atoms with Crippen LogP contribution >= 0.6 is 0 Å². The van der Waals surface area contributed by atoms with E-state index < -0.39 is 10.0 Å². The van der Waals surface area contributed by atoms with E-state index in [1.165, 1.54) is 19.3 Å². The molecule has 6 heteroatoms. The molecule has 1 aliphatic rings. The van der Waals surface area contributed by atoms with Crippen LogP contribution in [0.2, 0.25) is 0 Å². The van der Waals surface area contributed by atoms with Crippen LogP contribution < -0.4 is 10.0 Å². The molecule has 5 nitrogen and oxygen atoms in total. The van der Waals surface area contributed by atoms with Crippen LogP contribution in [-0.4, -0.2) is 26.5 Å². The first-order valence-electron chi connectivity index (χ1n) is 7.19. The lowest BCUT2D eigenvalue weighted by Crippen LogP contribution is -2.39. The predicted octanol–water partition coefficient (Wildman–Crippen LogP) is 2.37.